The van der Waals surface area contributed by atoms with Crippen molar-refractivity contribution in [1.82, 2.24) is 19.0 Å². The molecule has 0 N–H and O–H groups in total. The number of carbonyl (C=O) groups excluding carboxylic acids is 1. The molecule has 1 aliphatic heterocycles. The quantitative estimate of drug-likeness (QED) is 0.617. The molecule has 0 radical (unpaired) electrons. The summed E-state index contributed by atoms with van der Waals surface area (Å²) in [6, 6.07) is 2.51. The van der Waals surface area contributed by atoms with Crippen LogP contribution in [0.2, 0.25) is 5.02 Å². The number of carbonyl (C=O) groups is 1. The van der Waals surface area contributed by atoms with Crippen LogP contribution in [-0.4, -0.2) is 59.5 Å². The van der Waals surface area contributed by atoms with Crippen molar-refractivity contribution in [3.05, 3.63) is 51.8 Å². The minimum Gasteiger partial charge on any atom is -0.337 e. The third kappa shape index (κ3) is 4.84. The SMILES string of the molecule is Cc1nn(C)c(C)c1C=CC(=O)N1CCN(S(=O)(=O)c2ccc(Cl)c(C(F)(F)F)c2)CC1. The number of halogens is 4. The maximum absolute atomic E-state index is 13.1. The number of sulfonamides is 1. The van der Waals surface area contributed by atoms with Crippen molar-refractivity contribution in [3.63, 3.8) is 0 Å². The molecule has 0 spiro atoms. The number of aromatic nitrogens is 2. The van der Waals surface area contributed by atoms with Gasteiger partial charge in [0.2, 0.25) is 15.9 Å². The minimum atomic E-state index is -4.77. The molecule has 1 aromatic carbocycles. The molecule has 2 aromatic rings. The Hall–Kier alpha value is -2.37. The number of hydrogen-bond acceptors (Lipinski definition) is 4. The van der Waals surface area contributed by atoms with Crippen LogP contribution in [0.15, 0.2) is 29.2 Å². The van der Waals surface area contributed by atoms with E-state index in [4.69, 9.17) is 11.6 Å². The van der Waals surface area contributed by atoms with Crippen molar-refractivity contribution < 1.29 is 26.4 Å². The summed E-state index contributed by atoms with van der Waals surface area (Å²) in [5, 5.41) is 3.71. The Morgan fingerprint density at radius 3 is 2.31 bits per heavy atom. The molecule has 1 amide bonds. The van der Waals surface area contributed by atoms with Gasteiger partial charge in [-0.3, -0.25) is 9.48 Å². The van der Waals surface area contributed by atoms with Gasteiger partial charge in [-0.2, -0.15) is 22.6 Å². The largest absolute Gasteiger partial charge is 0.417 e. The molecule has 2 heterocycles. The van der Waals surface area contributed by atoms with Crippen LogP contribution in [0, 0.1) is 13.8 Å². The van der Waals surface area contributed by atoms with Crippen LogP contribution in [0.4, 0.5) is 13.2 Å². The summed E-state index contributed by atoms with van der Waals surface area (Å²) in [7, 11) is -2.36. The molecule has 32 heavy (non-hydrogen) atoms. The Kier molecular flexibility index (Phi) is 6.73. The van der Waals surface area contributed by atoms with Gasteiger partial charge >= 0.3 is 6.18 Å². The molecule has 0 unspecified atom stereocenters. The molecule has 7 nitrogen and oxygen atoms in total. The van der Waals surface area contributed by atoms with Crippen molar-refractivity contribution in [2.75, 3.05) is 26.2 Å². The van der Waals surface area contributed by atoms with Gasteiger partial charge in [0, 0.05) is 50.6 Å². The monoisotopic (exact) mass is 490 g/mol. The molecule has 1 aromatic heterocycles. The summed E-state index contributed by atoms with van der Waals surface area (Å²) in [6.45, 7) is 3.89. The fourth-order valence-corrected chi connectivity index (χ4v) is 5.14. The van der Waals surface area contributed by atoms with Crippen LogP contribution in [0.3, 0.4) is 0 Å². The van der Waals surface area contributed by atoms with Crippen molar-refractivity contribution in [1.29, 1.82) is 0 Å². The Morgan fingerprint density at radius 1 is 1.16 bits per heavy atom. The third-order valence-electron chi connectivity index (χ3n) is 5.39. The molecule has 1 fully saturated rings. The van der Waals surface area contributed by atoms with E-state index in [-0.39, 0.29) is 32.1 Å². The molecular weight excluding hydrogens is 469 g/mol. The van der Waals surface area contributed by atoms with Crippen LogP contribution in [0.5, 0.6) is 0 Å². The molecule has 1 aliphatic rings. The predicted octanol–water partition coefficient (Wildman–Crippen LogP) is 3.26. The molecule has 0 atom stereocenters. The molecule has 174 valence electrons. The minimum absolute atomic E-state index is 0.0309. The van der Waals surface area contributed by atoms with E-state index in [0.717, 1.165) is 33.4 Å². The highest BCUT2D eigenvalue weighted by atomic mass is 35.5. The lowest BCUT2D eigenvalue weighted by Crippen LogP contribution is -2.50. The van der Waals surface area contributed by atoms with Crippen molar-refractivity contribution in [2.45, 2.75) is 24.9 Å². The number of amides is 1. The van der Waals surface area contributed by atoms with E-state index < -0.39 is 31.7 Å². The summed E-state index contributed by atoms with van der Waals surface area (Å²) in [5.41, 5.74) is 1.32. The van der Waals surface area contributed by atoms with Gasteiger partial charge in [-0.15, -0.1) is 0 Å². The number of rotatable bonds is 4. The average molecular weight is 491 g/mol. The van der Waals surface area contributed by atoms with Crippen LogP contribution < -0.4 is 0 Å². The highest BCUT2D eigenvalue weighted by Crippen LogP contribution is 2.36. The second kappa shape index (κ2) is 8.87. The lowest BCUT2D eigenvalue weighted by atomic mass is 10.2. The molecule has 12 heteroatoms. The van der Waals surface area contributed by atoms with Gasteiger partial charge in [-0.1, -0.05) is 11.6 Å². The first-order chi connectivity index (χ1) is 14.8. The molecular formula is C20H22ClF3N4O3S. The number of alkyl halides is 3. The summed E-state index contributed by atoms with van der Waals surface area (Å²) >= 11 is 5.58. The summed E-state index contributed by atoms with van der Waals surface area (Å²) in [4.78, 5) is 13.5. The van der Waals surface area contributed by atoms with Gasteiger partial charge in [0.05, 0.1) is 21.2 Å². The lowest BCUT2D eigenvalue weighted by molar-refractivity contribution is -0.137. The van der Waals surface area contributed by atoms with Crippen molar-refractivity contribution in [2.24, 2.45) is 7.05 Å². The van der Waals surface area contributed by atoms with E-state index in [1.165, 1.54) is 11.0 Å². The molecule has 0 aliphatic carbocycles. The van der Waals surface area contributed by atoms with Gasteiger partial charge < -0.3 is 4.90 Å². The average Bonchev–Trinajstić information content (AvgIpc) is 2.96. The van der Waals surface area contributed by atoms with Crippen LogP contribution in [0.1, 0.15) is 22.5 Å². The highest BCUT2D eigenvalue weighted by Gasteiger charge is 2.36. The first-order valence-electron chi connectivity index (χ1n) is 9.66. The topological polar surface area (TPSA) is 75.5 Å². The van der Waals surface area contributed by atoms with E-state index in [1.807, 2.05) is 13.8 Å². The second-order valence-corrected chi connectivity index (χ2v) is 9.76. The van der Waals surface area contributed by atoms with Gasteiger partial charge in [-0.25, -0.2) is 8.42 Å². The second-order valence-electron chi connectivity index (χ2n) is 7.41. The molecule has 0 saturated carbocycles. The predicted molar refractivity (Wildman–Crippen MR) is 114 cm³/mol. The Balaban J connectivity index is 1.70. The Bertz CT molecular complexity index is 1170. The first kappa shape index (κ1) is 24.3. The molecule has 0 bridgehead atoms. The number of aryl methyl sites for hydroxylation is 2. The number of piperazine rings is 1. The van der Waals surface area contributed by atoms with E-state index in [9.17, 15) is 26.4 Å². The van der Waals surface area contributed by atoms with Gasteiger partial charge in [0.1, 0.15) is 0 Å². The fourth-order valence-electron chi connectivity index (χ4n) is 3.47. The molecule has 3 rings (SSSR count). The van der Waals surface area contributed by atoms with E-state index >= 15 is 0 Å². The first-order valence-corrected chi connectivity index (χ1v) is 11.5. The number of nitrogens with zero attached hydrogens (tertiary/aromatic N) is 4. The van der Waals surface area contributed by atoms with Crippen LogP contribution >= 0.6 is 11.6 Å². The number of hydrogen-bond donors (Lipinski definition) is 0. The normalized spacial score (nSPS) is 16.2. The Labute approximate surface area is 189 Å². The van der Waals surface area contributed by atoms with Gasteiger partial charge in [0.25, 0.3) is 0 Å². The van der Waals surface area contributed by atoms with Crippen LogP contribution in [-0.2, 0) is 28.0 Å². The standard InChI is InChI=1S/C20H22ClF3N4O3S/c1-13-16(14(2)26(3)25-13)5-7-19(29)27-8-10-28(11-9-27)32(30,31)15-4-6-18(21)17(12-15)20(22,23)24/h4-7,12H,8-11H2,1-3H3. The van der Waals surface area contributed by atoms with Crippen molar-refractivity contribution in [3.8, 4) is 0 Å². The third-order valence-corrected chi connectivity index (χ3v) is 7.61. The van der Waals surface area contributed by atoms with E-state index in [1.54, 1.807) is 17.8 Å². The van der Waals surface area contributed by atoms with E-state index in [0.29, 0.717) is 6.07 Å². The smallest absolute Gasteiger partial charge is 0.337 e. The van der Waals surface area contributed by atoms with Gasteiger partial charge in [0.15, 0.2) is 0 Å². The molecule has 1 saturated heterocycles. The fraction of sp³-hybridized carbons (Fsp3) is 0.400. The van der Waals surface area contributed by atoms with Gasteiger partial charge in [-0.05, 0) is 38.1 Å². The zero-order valence-electron chi connectivity index (χ0n) is 17.6. The van der Waals surface area contributed by atoms with Crippen molar-refractivity contribution >= 4 is 33.6 Å². The zero-order chi connectivity index (χ0) is 23.8. The summed E-state index contributed by atoms with van der Waals surface area (Å²) in [5.74, 6) is -0.282. The lowest BCUT2D eigenvalue weighted by Gasteiger charge is -2.33. The highest BCUT2D eigenvalue weighted by molar-refractivity contribution is 7.89. The maximum atomic E-state index is 13.1. The summed E-state index contributed by atoms with van der Waals surface area (Å²) in [6.07, 6.45) is -1.68. The van der Waals surface area contributed by atoms with Crippen LogP contribution in [0.25, 0.3) is 6.08 Å². The van der Waals surface area contributed by atoms with E-state index in [2.05, 4.69) is 5.10 Å². The Morgan fingerprint density at radius 2 is 1.78 bits per heavy atom. The number of benzene rings is 1. The zero-order valence-corrected chi connectivity index (χ0v) is 19.2. The summed E-state index contributed by atoms with van der Waals surface area (Å²) < 4.78 is 67.7. The maximum Gasteiger partial charge on any atom is 0.417 e.